The molecule has 0 aromatic carbocycles. The maximum absolute atomic E-state index is 12.6. The highest BCUT2D eigenvalue weighted by molar-refractivity contribution is 8.13. The number of ether oxygens (including phenoxy) is 1. The molecule has 3 heterocycles. The van der Waals surface area contributed by atoms with Gasteiger partial charge in [0.2, 0.25) is 11.8 Å². The van der Waals surface area contributed by atoms with Crippen LogP contribution in [0.15, 0.2) is 24.8 Å². The third kappa shape index (κ3) is 21.9. The summed E-state index contributed by atoms with van der Waals surface area (Å²) in [4.78, 5) is 96.8. The van der Waals surface area contributed by atoms with Crippen molar-refractivity contribution in [3.05, 3.63) is 24.8 Å². The molecule has 6 N–H and O–H groups in total. The summed E-state index contributed by atoms with van der Waals surface area (Å²) in [6.07, 6.45) is 13.0. The second-order valence-electron chi connectivity index (χ2n) is 16.6. The normalized spacial score (nSPS) is 20.2. The van der Waals surface area contributed by atoms with E-state index in [2.05, 4.69) is 50.4 Å². The number of aromatic nitrogens is 4. The molecular weight excluding hydrogens is 963 g/mol. The molecule has 2 amide bonds. The maximum atomic E-state index is 12.6. The Labute approximate surface area is 394 Å². The quantitative estimate of drug-likeness (QED) is 0.0381. The zero-order valence-corrected chi connectivity index (χ0v) is 41.5. The number of hydrogen-bond donors (Lipinski definition) is 5. The van der Waals surface area contributed by atoms with Crippen molar-refractivity contribution < 1.29 is 80.5 Å². The second kappa shape index (κ2) is 28.8. The van der Waals surface area contributed by atoms with E-state index in [0.29, 0.717) is 12.2 Å². The number of rotatable bonds is 34. The van der Waals surface area contributed by atoms with Gasteiger partial charge in [-0.05, 0) is 12.8 Å². The van der Waals surface area contributed by atoms with E-state index < -0.39 is 84.6 Å². The lowest BCUT2D eigenvalue weighted by Gasteiger charge is -2.36. The molecule has 67 heavy (non-hydrogen) atoms. The van der Waals surface area contributed by atoms with E-state index in [9.17, 15) is 57.9 Å². The van der Waals surface area contributed by atoms with Gasteiger partial charge in [0.25, 0.3) is 15.6 Å². The Morgan fingerprint density at radius 1 is 0.925 bits per heavy atom. The Balaban J connectivity index is 1.31. The van der Waals surface area contributed by atoms with Gasteiger partial charge in [-0.3, -0.25) is 28.1 Å². The first-order chi connectivity index (χ1) is 31.6. The molecule has 24 nitrogen and oxygen atoms in total. The lowest BCUT2D eigenvalue weighted by Crippen LogP contribution is -2.46. The average Bonchev–Trinajstić information content (AvgIpc) is 3.81. The highest BCUT2D eigenvalue weighted by Crippen LogP contribution is 2.56. The Kier molecular flexibility index (Phi) is 25.2. The van der Waals surface area contributed by atoms with Crippen molar-refractivity contribution in [2.24, 2.45) is 5.41 Å². The summed E-state index contributed by atoms with van der Waals surface area (Å²) in [6.45, 7) is 2.37. The smallest absolute Gasteiger partial charge is 0.274 e. The minimum atomic E-state index is -5.92. The van der Waals surface area contributed by atoms with Gasteiger partial charge in [0.15, 0.2) is 22.8 Å². The van der Waals surface area contributed by atoms with Crippen molar-refractivity contribution in [1.82, 2.24) is 30.2 Å². The molecule has 1 aliphatic rings. The van der Waals surface area contributed by atoms with Crippen LogP contribution < -0.4 is 35.9 Å². The summed E-state index contributed by atoms with van der Waals surface area (Å²) in [5.74, 6) is -1.18. The van der Waals surface area contributed by atoms with Gasteiger partial charge >= 0.3 is 0 Å². The molecule has 0 spiro atoms. The number of unbranched alkanes of at least 4 members (excludes halogenated alkanes) is 12. The molecule has 1 saturated heterocycles. The maximum Gasteiger partial charge on any atom is 0.274 e. The largest absolute Gasteiger partial charge is 0.790 e. The van der Waals surface area contributed by atoms with Crippen molar-refractivity contribution in [2.45, 2.75) is 148 Å². The molecule has 0 saturated carbocycles. The summed E-state index contributed by atoms with van der Waals surface area (Å²) in [5.41, 5.74) is 4.09. The minimum Gasteiger partial charge on any atom is -0.790 e. The summed E-state index contributed by atoms with van der Waals surface area (Å²) in [6, 6.07) is 0. The molecule has 2 unspecified atom stereocenters. The molecule has 7 atom stereocenters. The van der Waals surface area contributed by atoms with E-state index in [1.165, 1.54) is 84.5 Å². The van der Waals surface area contributed by atoms with Crippen LogP contribution in [0.2, 0.25) is 0 Å². The molecule has 1 aliphatic heterocycles. The van der Waals surface area contributed by atoms with E-state index in [-0.39, 0.29) is 41.6 Å². The SMILES string of the molecule is CCCCCCCCCCCCCC/C=C\CC(=O)SCCNC(=O)CCNC(=O)[C@H](O)C(C)(C)COP(=O)([O-])OP(=O)([O-])OC[C@H]1O[C@@H](n2cnc3c(N)ncnc32)[C@H](O)[C@@H]1OP(=O)([O-])[O-]. The van der Waals surface area contributed by atoms with Gasteiger partial charge in [-0.1, -0.05) is 115 Å². The van der Waals surface area contributed by atoms with Crippen LogP contribution in [0.25, 0.3) is 11.2 Å². The molecule has 0 aliphatic carbocycles. The Morgan fingerprint density at radius 3 is 2.19 bits per heavy atom. The number of nitrogens with one attached hydrogen (secondary N) is 2. The van der Waals surface area contributed by atoms with Crippen molar-refractivity contribution in [3.63, 3.8) is 0 Å². The number of hydrogen-bond acceptors (Lipinski definition) is 22. The van der Waals surface area contributed by atoms with Crippen LogP contribution in [0.5, 0.6) is 0 Å². The summed E-state index contributed by atoms with van der Waals surface area (Å²) < 4.78 is 60.8. The van der Waals surface area contributed by atoms with Crippen molar-refractivity contribution in [2.75, 3.05) is 37.8 Å². The first kappa shape index (κ1) is 58.6. The van der Waals surface area contributed by atoms with Crippen molar-refractivity contribution in [1.29, 1.82) is 0 Å². The third-order valence-corrected chi connectivity index (χ3v) is 14.3. The molecule has 0 bridgehead atoms. The van der Waals surface area contributed by atoms with Crippen molar-refractivity contribution >= 4 is 69.1 Å². The molecule has 2 aromatic rings. The lowest BCUT2D eigenvalue weighted by molar-refractivity contribution is -0.347. The number of thioether (sulfide) groups is 1. The van der Waals surface area contributed by atoms with Crippen LogP contribution in [-0.2, 0) is 50.7 Å². The number of anilines is 1. The van der Waals surface area contributed by atoms with Gasteiger partial charge in [0.1, 0.15) is 36.3 Å². The standard InChI is InChI=1S/C39H68N7O17P3S/c1-4-5-6-7-8-9-10-11-12-13-14-15-16-17-18-19-30(48)67-23-22-41-29(47)20-21-42-37(51)34(50)39(2,3)25-60-66(57,58)63-65(55,56)59-24-28-33(62-64(52,53)54)32(49)38(61-28)46-27-45-31-35(40)43-26-44-36(31)46/h17-18,26-28,32-34,38,49-50H,4-16,19-25H2,1-3H3,(H,41,47)(H,42,51)(H,55,56)(H,57,58)(H2,40,43,44)(H2,52,53,54)/p-4/b18-17-/t28-,32-,33-,34+,38-/m1/s1. The second-order valence-corrected chi connectivity index (χ2v) is 21.8. The number of imidazole rings is 1. The van der Waals surface area contributed by atoms with E-state index in [0.717, 1.165) is 41.8 Å². The number of phosphoric ester groups is 3. The highest BCUT2D eigenvalue weighted by Gasteiger charge is 2.47. The van der Waals surface area contributed by atoms with E-state index in [4.69, 9.17) is 10.5 Å². The fraction of sp³-hybridized carbons (Fsp3) is 0.744. The number of aliphatic hydroxyl groups is 2. The molecule has 382 valence electrons. The minimum absolute atomic E-state index is 0.0193. The number of nitrogens with zero attached hydrogens (tertiary/aromatic N) is 4. The highest BCUT2D eigenvalue weighted by atomic mass is 32.2. The molecule has 0 radical (unpaired) electrons. The number of fused-ring (bicyclic) bond motifs is 1. The van der Waals surface area contributed by atoms with E-state index >= 15 is 0 Å². The topological polar surface area (TPSA) is 375 Å². The van der Waals surface area contributed by atoms with Crippen LogP contribution in [0, 0.1) is 5.41 Å². The monoisotopic (exact) mass is 1030 g/mol. The number of carbonyl (C=O) groups excluding carboxylic acids is 3. The summed E-state index contributed by atoms with van der Waals surface area (Å²) in [5, 5.41) is 26.4. The summed E-state index contributed by atoms with van der Waals surface area (Å²) >= 11 is 1.09. The van der Waals surface area contributed by atoms with Gasteiger partial charge in [-0.2, -0.15) is 0 Å². The fourth-order valence-electron chi connectivity index (χ4n) is 6.73. The number of allylic oxidation sites excluding steroid dienone is 2. The molecule has 3 rings (SSSR count). The predicted molar refractivity (Wildman–Crippen MR) is 238 cm³/mol. The third-order valence-electron chi connectivity index (χ3n) is 10.4. The molecular formula is C39H64N7O17P3S-4. The number of aliphatic hydroxyl groups excluding tert-OH is 2. The predicted octanol–water partition coefficient (Wildman–Crippen LogP) is 2.17. The number of phosphoric acid groups is 3. The van der Waals surface area contributed by atoms with Gasteiger partial charge in [0, 0.05) is 37.1 Å². The number of carbonyl (C=O) groups is 3. The van der Waals surface area contributed by atoms with Gasteiger partial charge in [0.05, 0.1) is 27.4 Å². The number of amides is 2. The molecule has 2 aromatic heterocycles. The van der Waals surface area contributed by atoms with Gasteiger partial charge in [-0.15, -0.1) is 0 Å². The van der Waals surface area contributed by atoms with E-state index in [1.54, 1.807) is 0 Å². The Bertz CT molecular complexity index is 2040. The van der Waals surface area contributed by atoms with Crippen LogP contribution in [-0.4, -0.2) is 103 Å². The average molecular weight is 1030 g/mol. The van der Waals surface area contributed by atoms with Crippen LogP contribution in [0.1, 0.15) is 123 Å². The molecule has 28 heteroatoms. The summed E-state index contributed by atoms with van der Waals surface area (Å²) in [7, 11) is -17.6. The van der Waals surface area contributed by atoms with Crippen molar-refractivity contribution in [3.8, 4) is 0 Å². The van der Waals surface area contributed by atoms with E-state index in [1.807, 2.05) is 12.2 Å². The Hall–Kier alpha value is -2.70. The van der Waals surface area contributed by atoms with Crippen LogP contribution in [0.4, 0.5) is 5.82 Å². The van der Waals surface area contributed by atoms with Crippen LogP contribution in [0.3, 0.4) is 0 Å². The Morgan fingerprint density at radius 2 is 1.55 bits per heavy atom. The van der Waals surface area contributed by atoms with Crippen LogP contribution >= 0.6 is 35.2 Å². The number of nitrogens with two attached hydrogens (primary N) is 1. The molecule has 1 fully saturated rings. The number of nitrogen functional groups attached to an aromatic ring is 1. The zero-order valence-electron chi connectivity index (χ0n) is 38.0. The van der Waals surface area contributed by atoms with Gasteiger partial charge < -0.3 is 69.0 Å². The zero-order chi connectivity index (χ0) is 49.7. The van der Waals surface area contributed by atoms with Gasteiger partial charge in [-0.25, -0.2) is 19.3 Å². The first-order valence-electron chi connectivity index (χ1n) is 22.2. The lowest BCUT2D eigenvalue weighted by atomic mass is 9.87. The fourth-order valence-corrected chi connectivity index (χ4v) is 10.1. The first-order valence-corrected chi connectivity index (χ1v) is 27.5.